The van der Waals surface area contributed by atoms with E-state index in [1.165, 1.54) is 18.4 Å². The first kappa shape index (κ1) is 14.8. The molecule has 3 fully saturated rings. The fourth-order valence-corrected chi connectivity index (χ4v) is 6.46. The van der Waals surface area contributed by atoms with Crippen molar-refractivity contribution in [2.75, 3.05) is 13.1 Å². The second kappa shape index (κ2) is 4.51. The lowest BCUT2D eigenvalue weighted by Crippen LogP contribution is -2.77. The zero-order valence-electron chi connectivity index (χ0n) is 14.3. The lowest BCUT2D eigenvalue weighted by Gasteiger charge is -2.63. The predicted octanol–water partition coefficient (Wildman–Crippen LogP) is 1.32. The maximum Gasteiger partial charge on any atom is 0.165 e. The Labute approximate surface area is 147 Å². The number of benzene rings is 1. The molecule has 3 aliphatic carbocycles. The van der Waals surface area contributed by atoms with E-state index in [4.69, 9.17) is 4.74 Å². The molecule has 0 amide bonds. The summed E-state index contributed by atoms with van der Waals surface area (Å²) in [6, 6.07) is 3.79. The van der Waals surface area contributed by atoms with Crippen LogP contribution in [-0.2, 0) is 11.8 Å². The number of aliphatic hydroxyl groups is 2. The average molecular weight is 343 g/mol. The van der Waals surface area contributed by atoms with Gasteiger partial charge in [-0.3, -0.25) is 4.90 Å². The maximum absolute atomic E-state index is 12.0. The van der Waals surface area contributed by atoms with E-state index in [1.54, 1.807) is 6.07 Å². The Morgan fingerprint density at radius 1 is 1.20 bits per heavy atom. The summed E-state index contributed by atoms with van der Waals surface area (Å²) in [4.78, 5) is 2.51. The summed E-state index contributed by atoms with van der Waals surface area (Å²) in [5.41, 5.74) is 0.716. The molecule has 3 N–H and O–H groups in total. The zero-order valence-corrected chi connectivity index (χ0v) is 14.3. The molecule has 134 valence electrons. The van der Waals surface area contributed by atoms with E-state index in [1.807, 2.05) is 6.07 Å². The van der Waals surface area contributed by atoms with Gasteiger partial charge in [0.15, 0.2) is 11.5 Å². The van der Waals surface area contributed by atoms with Crippen LogP contribution in [0.25, 0.3) is 0 Å². The summed E-state index contributed by atoms with van der Waals surface area (Å²) in [7, 11) is 0. The highest BCUT2D eigenvalue weighted by Crippen LogP contribution is 2.65. The first-order valence-corrected chi connectivity index (χ1v) is 9.71. The molecule has 4 unspecified atom stereocenters. The van der Waals surface area contributed by atoms with Gasteiger partial charge in [0.05, 0.1) is 17.1 Å². The molecule has 1 saturated heterocycles. The van der Waals surface area contributed by atoms with Crippen molar-refractivity contribution < 1.29 is 20.1 Å². The summed E-state index contributed by atoms with van der Waals surface area (Å²) in [5.74, 6) is 1.44. The molecule has 1 spiro atoms. The fraction of sp³-hybridized carbons (Fsp3) is 0.700. The van der Waals surface area contributed by atoms with Gasteiger partial charge in [0.1, 0.15) is 6.10 Å². The van der Waals surface area contributed by atoms with Crippen LogP contribution in [0, 0.1) is 5.92 Å². The number of piperidine rings is 1. The Hall–Kier alpha value is -1.30. The summed E-state index contributed by atoms with van der Waals surface area (Å²) in [6.07, 6.45) is 4.35. The van der Waals surface area contributed by atoms with Crippen LogP contribution in [0.5, 0.6) is 11.5 Å². The van der Waals surface area contributed by atoms with E-state index in [9.17, 15) is 15.3 Å². The zero-order chi connectivity index (χ0) is 17.0. The van der Waals surface area contributed by atoms with E-state index in [2.05, 4.69) is 4.90 Å². The number of ether oxygens (including phenoxy) is 1. The molecular formula is C20H25NO4. The largest absolute Gasteiger partial charge is 0.504 e. The number of phenols is 1. The standard InChI is InChI=1S/C20H25NO4/c22-13-4-3-12-9-15-20(24)6-5-14(23)18-19(20,16(12)17(13)25-18)7-8-21(15)10-11-1-2-11/h3-4,11,14-15,18,22-24H,1-2,5-10H2/t14-,15?,18?,19?,20?/m1/s1. The number of aliphatic hydroxyl groups excluding tert-OH is 1. The van der Waals surface area contributed by atoms with E-state index in [0.29, 0.717) is 18.6 Å². The Balaban J connectivity index is 1.57. The molecule has 2 heterocycles. The Morgan fingerprint density at radius 2 is 2.04 bits per heavy atom. The minimum Gasteiger partial charge on any atom is -0.504 e. The number of likely N-dealkylation sites (tertiary alicyclic amines) is 1. The third-order valence-corrected chi connectivity index (χ3v) is 7.73. The Kier molecular flexibility index (Phi) is 2.67. The molecule has 1 aromatic rings. The topological polar surface area (TPSA) is 73.2 Å². The van der Waals surface area contributed by atoms with Gasteiger partial charge < -0.3 is 20.1 Å². The summed E-state index contributed by atoms with van der Waals surface area (Å²) < 4.78 is 6.14. The first-order chi connectivity index (χ1) is 12.0. The predicted molar refractivity (Wildman–Crippen MR) is 90.8 cm³/mol. The highest BCUT2D eigenvalue weighted by molar-refractivity contribution is 5.62. The molecule has 5 nitrogen and oxygen atoms in total. The third kappa shape index (κ3) is 1.61. The molecule has 5 aliphatic rings. The SMILES string of the molecule is Oc1ccc2c3c1OC1[C@H](O)CCC4(O)C(C2)N(CC2CC2)CCC314. The highest BCUT2D eigenvalue weighted by atomic mass is 16.5. The van der Waals surface area contributed by atoms with E-state index in [-0.39, 0.29) is 11.8 Å². The molecule has 0 radical (unpaired) electrons. The van der Waals surface area contributed by atoms with Gasteiger partial charge in [-0.1, -0.05) is 6.07 Å². The Bertz CT molecular complexity index is 762. The lowest BCUT2D eigenvalue weighted by molar-refractivity contribution is -0.208. The fourth-order valence-electron chi connectivity index (χ4n) is 6.46. The van der Waals surface area contributed by atoms with Crippen molar-refractivity contribution in [2.45, 2.75) is 67.8 Å². The van der Waals surface area contributed by atoms with E-state index < -0.39 is 23.2 Å². The normalized spacial score (nSPS) is 44.3. The van der Waals surface area contributed by atoms with Gasteiger partial charge in [-0.2, -0.15) is 0 Å². The summed E-state index contributed by atoms with van der Waals surface area (Å²) in [5, 5.41) is 33.1. The van der Waals surface area contributed by atoms with Crippen LogP contribution in [0.4, 0.5) is 0 Å². The van der Waals surface area contributed by atoms with E-state index >= 15 is 0 Å². The van der Waals surface area contributed by atoms with Gasteiger partial charge in [-0.05, 0) is 62.6 Å². The van der Waals surface area contributed by atoms with Crippen LogP contribution in [0.15, 0.2) is 12.1 Å². The van der Waals surface area contributed by atoms with Crippen molar-refractivity contribution in [3.05, 3.63) is 23.3 Å². The van der Waals surface area contributed by atoms with Crippen molar-refractivity contribution in [1.29, 1.82) is 0 Å². The lowest BCUT2D eigenvalue weighted by atomic mass is 9.48. The third-order valence-electron chi connectivity index (χ3n) is 7.73. The number of aromatic hydroxyl groups is 1. The van der Waals surface area contributed by atoms with Crippen molar-refractivity contribution in [3.8, 4) is 11.5 Å². The molecule has 1 aromatic carbocycles. The van der Waals surface area contributed by atoms with Gasteiger partial charge in [0.2, 0.25) is 0 Å². The highest BCUT2D eigenvalue weighted by Gasteiger charge is 2.72. The first-order valence-electron chi connectivity index (χ1n) is 9.71. The van der Waals surface area contributed by atoms with Crippen LogP contribution in [0.1, 0.15) is 43.2 Å². The van der Waals surface area contributed by atoms with Gasteiger partial charge in [-0.15, -0.1) is 0 Å². The van der Waals surface area contributed by atoms with Crippen molar-refractivity contribution in [3.63, 3.8) is 0 Å². The quantitative estimate of drug-likeness (QED) is 0.755. The van der Waals surface area contributed by atoms with Crippen molar-refractivity contribution >= 4 is 0 Å². The van der Waals surface area contributed by atoms with Crippen LogP contribution in [0.2, 0.25) is 0 Å². The molecule has 25 heavy (non-hydrogen) atoms. The molecule has 0 aromatic heterocycles. The number of nitrogens with zero attached hydrogens (tertiary/aromatic N) is 1. The summed E-state index contributed by atoms with van der Waals surface area (Å²) in [6.45, 7) is 2.02. The van der Waals surface area contributed by atoms with Crippen molar-refractivity contribution in [1.82, 2.24) is 4.90 Å². The monoisotopic (exact) mass is 343 g/mol. The van der Waals surface area contributed by atoms with Crippen molar-refractivity contribution in [2.24, 2.45) is 5.92 Å². The maximum atomic E-state index is 12.0. The molecule has 5 atom stereocenters. The number of rotatable bonds is 2. The minimum absolute atomic E-state index is 0.0865. The number of hydrogen-bond acceptors (Lipinski definition) is 5. The van der Waals surface area contributed by atoms with Gasteiger partial charge in [0.25, 0.3) is 0 Å². The van der Waals surface area contributed by atoms with Gasteiger partial charge in [0, 0.05) is 18.2 Å². The molecule has 2 aliphatic heterocycles. The second-order valence-electron chi connectivity index (χ2n) is 8.90. The average Bonchev–Trinajstić information content (AvgIpc) is 3.32. The van der Waals surface area contributed by atoms with E-state index in [0.717, 1.165) is 37.4 Å². The summed E-state index contributed by atoms with van der Waals surface area (Å²) >= 11 is 0. The molecule has 2 saturated carbocycles. The molecular weight excluding hydrogens is 318 g/mol. The van der Waals surface area contributed by atoms with Gasteiger partial charge in [-0.25, -0.2) is 0 Å². The molecule has 6 rings (SSSR count). The Morgan fingerprint density at radius 3 is 2.84 bits per heavy atom. The number of phenolic OH excluding ortho intramolecular Hbond substituents is 1. The minimum atomic E-state index is -0.879. The van der Waals surface area contributed by atoms with Crippen LogP contribution < -0.4 is 4.74 Å². The van der Waals surface area contributed by atoms with Gasteiger partial charge >= 0.3 is 0 Å². The molecule has 2 bridgehead atoms. The van der Waals surface area contributed by atoms with Crippen LogP contribution in [-0.4, -0.2) is 57.2 Å². The van der Waals surface area contributed by atoms with Crippen LogP contribution in [0.3, 0.4) is 0 Å². The second-order valence-corrected chi connectivity index (χ2v) is 8.90. The van der Waals surface area contributed by atoms with Crippen LogP contribution >= 0.6 is 0 Å². The molecule has 5 heteroatoms. The number of hydrogen-bond donors (Lipinski definition) is 3. The smallest absolute Gasteiger partial charge is 0.165 e.